The third kappa shape index (κ3) is 27.3. The number of aliphatic hydroxyl groups is 3. The van der Waals surface area contributed by atoms with Crippen molar-refractivity contribution in [2.24, 2.45) is 0 Å². The highest BCUT2D eigenvalue weighted by molar-refractivity contribution is 7.79. The molecule has 0 heterocycles. The zero-order valence-electron chi connectivity index (χ0n) is 24.9. The minimum atomic E-state index is -4.67. The molecule has 2 unspecified atom stereocenters. The van der Waals surface area contributed by atoms with Crippen molar-refractivity contribution in [1.82, 2.24) is 10.6 Å². The summed E-state index contributed by atoms with van der Waals surface area (Å²) in [6, 6.07) is 8.22. The van der Waals surface area contributed by atoms with Crippen LogP contribution in [0, 0.1) is 0 Å². The number of hydrogen-bond donors (Lipinski definition) is 11. The van der Waals surface area contributed by atoms with E-state index in [-0.39, 0.29) is 40.2 Å². The number of aromatic hydroxyl groups is 4. The highest BCUT2D eigenvalue weighted by Gasteiger charge is 2.15. The fourth-order valence-corrected chi connectivity index (χ4v) is 2.66. The van der Waals surface area contributed by atoms with Gasteiger partial charge < -0.3 is 46.4 Å². The molecule has 0 aromatic heterocycles. The van der Waals surface area contributed by atoms with E-state index in [1.165, 1.54) is 36.4 Å². The van der Waals surface area contributed by atoms with E-state index in [9.17, 15) is 30.6 Å². The van der Waals surface area contributed by atoms with Gasteiger partial charge >= 0.3 is 10.4 Å². The van der Waals surface area contributed by atoms with Crippen molar-refractivity contribution in [3.63, 3.8) is 0 Å². The van der Waals surface area contributed by atoms with Crippen molar-refractivity contribution in [3.05, 3.63) is 47.5 Å². The second kappa shape index (κ2) is 18.0. The predicted octanol–water partition coefficient (Wildman–Crippen LogP) is 2.77. The Hall–Kier alpha value is -2.69. The van der Waals surface area contributed by atoms with E-state index in [0.29, 0.717) is 24.2 Å². The van der Waals surface area contributed by atoms with Crippen molar-refractivity contribution >= 4 is 10.4 Å². The largest absolute Gasteiger partial charge is 0.508 e. The summed E-state index contributed by atoms with van der Waals surface area (Å²) in [5.74, 6) is -0.204. The molecule has 0 amide bonds. The van der Waals surface area contributed by atoms with E-state index in [4.69, 9.17) is 22.6 Å². The first kappa shape index (κ1) is 40.4. The molecule has 11 N–H and O–H groups in total. The lowest BCUT2D eigenvalue weighted by Gasteiger charge is -2.23. The van der Waals surface area contributed by atoms with Crippen LogP contribution < -0.4 is 10.6 Å². The molecule has 13 nitrogen and oxygen atoms in total. The van der Waals surface area contributed by atoms with E-state index < -0.39 is 22.6 Å². The van der Waals surface area contributed by atoms with Crippen LogP contribution in [-0.4, -0.2) is 83.5 Å². The summed E-state index contributed by atoms with van der Waals surface area (Å²) < 4.78 is 31.6. The summed E-state index contributed by atoms with van der Waals surface area (Å²) in [6.45, 7) is 16.2. The van der Waals surface area contributed by atoms with Crippen molar-refractivity contribution in [2.45, 2.75) is 84.8 Å². The Morgan fingerprint density at radius 3 is 0.976 bits per heavy atom. The minimum absolute atomic E-state index is 0.0511. The van der Waals surface area contributed by atoms with Gasteiger partial charge in [-0.05, 0) is 90.8 Å². The van der Waals surface area contributed by atoms with Gasteiger partial charge in [0.15, 0.2) is 0 Å². The molecular weight excluding hydrogens is 560 g/mol. The maximum Gasteiger partial charge on any atom is 0.394 e. The summed E-state index contributed by atoms with van der Waals surface area (Å²) in [5, 5.41) is 71.2. The molecular formula is C27H48N2O11S. The summed E-state index contributed by atoms with van der Waals surface area (Å²) >= 11 is 0. The molecule has 41 heavy (non-hydrogen) atoms. The standard InChI is InChI=1S/2C12H19NO3.C3H8O.H2O4S/c2*1-12(2,3)13-7-11(16)8-4-9(14)6-10(15)5-8;1-3(2)4;1-5(2,3)4/h2*4-6,11,13-16H,7H2,1-3H3;3-4H,1-2H3;(H2,1,2,3,4). The topological polar surface area (TPSA) is 240 Å². The van der Waals surface area contributed by atoms with Gasteiger partial charge in [0.2, 0.25) is 0 Å². The lowest BCUT2D eigenvalue weighted by Crippen LogP contribution is -2.38. The number of benzene rings is 2. The first-order valence-corrected chi connectivity index (χ1v) is 14.0. The van der Waals surface area contributed by atoms with Gasteiger partial charge in [-0.2, -0.15) is 8.42 Å². The van der Waals surface area contributed by atoms with Crippen molar-refractivity contribution in [1.29, 1.82) is 0 Å². The molecule has 0 aliphatic rings. The molecule has 14 heteroatoms. The second-order valence-electron chi connectivity index (χ2n) is 11.4. The number of hydrogen-bond acceptors (Lipinski definition) is 11. The summed E-state index contributed by atoms with van der Waals surface area (Å²) in [4.78, 5) is 0. The lowest BCUT2D eigenvalue weighted by molar-refractivity contribution is 0.162. The number of aliphatic hydroxyl groups excluding tert-OH is 3. The van der Waals surface area contributed by atoms with E-state index in [0.717, 1.165) is 0 Å². The van der Waals surface area contributed by atoms with Crippen LogP contribution in [-0.2, 0) is 10.4 Å². The van der Waals surface area contributed by atoms with Crippen LogP contribution in [0.3, 0.4) is 0 Å². The van der Waals surface area contributed by atoms with Gasteiger partial charge in [0, 0.05) is 42.4 Å². The third-order valence-corrected chi connectivity index (χ3v) is 4.27. The summed E-state index contributed by atoms with van der Waals surface area (Å²) in [6.07, 6.45) is -1.67. The quantitative estimate of drug-likeness (QED) is 0.212. The Morgan fingerprint density at radius 1 is 0.610 bits per heavy atom. The van der Waals surface area contributed by atoms with Crippen LogP contribution in [0.5, 0.6) is 23.0 Å². The number of nitrogens with one attached hydrogen (secondary N) is 2. The number of phenolic OH excluding ortho intramolecular Hbond substituents is 4. The minimum Gasteiger partial charge on any atom is -0.508 e. The Kier molecular flexibility index (Phi) is 17.7. The van der Waals surface area contributed by atoms with Crippen LogP contribution in [0.4, 0.5) is 0 Å². The molecule has 2 atom stereocenters. The lowest BCUT2D eigenvalue weighted by atomic mass is 10.1. The van der Waals surface area contributed by atoms with E-state index in [1.54, 1.807) is 13.8 Å². The molecule has 0 spiro atoms. The first-order chi connectivity index (χ1) is 18.3. The van der Waals surface area contributed by atoms with Gasteiger partial charge in [0.05, 0.1) is 12.2 Å². The number of phenols is 4. The Labute approximate surface area is 242 Å². The fourth-order valence-electron chi connectivity index (χ4n) is 2.66. The molecule has 0 saturated heterocycles. The SMILES string of the molecule is CC(C)(C)NCC(O)c1cc(O)cc(O)c1.CC(C)(C)NCC(O)c1cc(O)cc(O)c1.CC(C)O.O=S(=O)(O)O. The van der Waals surface area contributed by atoms with E-state index >= 15 is 0 Å². The summed E-state index contributed by atoms with van der Waals surface area (Å²) in [7, 11) is -4.67. The Balaban J connectivity index is 0. The van der Waals surface area contributed by atoms with Gasteiger partial charge in [0.25, 0.3) is 0 Å². The average Bonchev–Trinajstić information content (AvgIpc) is 2.72. The number of rotatable bonds is 6. The highest BCUT2D eigenvalue weighted by atomic mass is 32.3. The smallest absolute Gasteiger partial charge is 0.394 e. The molecule has 2 aromatic rings. The zero-order chi connectivity index (χ0) is 32.8. The van der Waals surface area contributed by atoms with E-state index in [1.807, 2.05) is 41.5 Å². The zero-order valence-corrected chi connectivity index (χ0v) is 25.7. The maximum atomic E-state index is 9.85. The van der Waals surface area contributed by atoms with E-state index in [2.05, 4.69) is 10.6 Å². The molecule has 0 bridgehead atoms. The molecule has 0 aliphatic carbocycles. The second-order valence-corrected chi connectivity index (χ2v) is 12.3. The van der Waals surface area contributed by atoms with Gasteiger partial charge in [-0.25, -0.2) is 0 Å². The van der Waals surface area contributed by atoms with Crippen molar-refractivity contribution < 1.29 is 53.3 Å². The molecule has 2 aromatic carbocycles. The molecule has 0 saturated carbocycles. The van der Waals surface area contributed by atoms with Crippen LogP contribution >= 0.6 is 0 Å². The average molecular weight is 609 g/mol. The number of β-amino-alcohol motifs (C(OH)–C–C–N with tert-alkyl or cyclic N) is 2. The maximum absolute atomic E-state index is 9.85. The van der Waals surface area contributed by atoms with Gasteiger partial charge in [-0.1, -0.05) is 0 Å². The normalized spacial score (nSPS) is 13.0. The third-order valence-electron chi connectivity index (χ3n) is 4.27. The van der Waals surface area contributed by atoms with Crippen LogP contribution in [0.15, 0.2) is 36.4 Å². The Morgan fingerprint density at radius 2 is 0.805 bits per heavy atom. The molecule has 0 radical (unpaired) electrons. The highest BCUT2D eigenvalue weighted by Crippen LogP contribution is 2.26. The first-order valence-electron chi connectivity index (χ1n) is 12.6. The predicted molar refractivity (Wildman–Crippen MR) is 157 cm³/mol. The van der Waals surface area contributed by atoms with Crippen LogP contribution in [0.25, 0.3) is 0 Å². The van der Waals surface area contributed by atoms with Crippen LogP contribution in [0.2, 0.25) is 0 Å². The van der Waals surface area contributed by atoms with Gasteiger partial charge in [0.1, 0.15) is 23.0 Å². The fraction of sp³-hybridized carbons (Fsp3) is 0.556. The van der Waals surface area contributed by atoms with Crippen molar-refractivity contribution in [3.8, 4) is 23.0 Å². The Bertz CT molecular complexity index is 1010. The van der Waals surface area contributed by atoms with Crippen LogP contribution in [0.1, 0.15) is 78.7 Å². The summed E-state index contributed by atoms with van der Waals surface area (Å²) in [5.41, 5.74) is 0.822. The molecule has 0 aliphatic heterocycles. The molecule has 2 rings (SSSR count). The molecule has 238 valence electrons. The monoisotopic (exact) mass is 608 g/mol. The van der Waals surface area contributed by atoms with Gasteiger partial charge in [-0.3, -0.25) is 9.11 Å². The van der Waals surface area contributed by atoms with Gasteiger partial charge in [-0.15, -0.1) is 0 Å². The molecule has 0 fully saturated rings. The van der Waals surface area contributed by atoms with Crippen molar-refractivity contribution in [2.75, 3.05) is 13.1 Å².